The van der Waals surface area contributed by atoms with E-state index in [1.807, 2.05) is 24.4 Å². The van der Waals surface area contributed by atoms with E-state index in [4.69, 9.17) is 4.98 Å². The molecule has 39 heavy (non-hydrogen) atoms. The highest BCUT2D eigenvalue weighted by atomic mass is 79.9. The van der Waals surface area contributed by atoms with Gasteiger partial charge < -0.3 is 10.3 Å². The first-order valence-electron chi connectivity index (χ1n) is 14.4. The Kier molecular flexibility index (Phi) is 7.32. The molecule has 2 aliphatic carbocycles. The second-order valence-electron chi connectivity index (χ2n) is 12.4. The molecule has 3 aliphatic rings. The topological polar surface area (TPSA) is 44.0 Å². The molecular formula is C33H40BrFN4. The van der Waals surface area contributed by atoms with E-state index in [0.29, 0.717) is 40.9 Å². The molecule has 0 amide bonds. The maximum atomic E-state index is 14.4. The van der Waals surface area contributed by atoms with Crippen LogP contribution in [0.15, 0.2) is 59.7 Å². The molecule has 4 atom stereocenters. The maximum absolute atomic E-state index is 14.4. The smallest absolute Gasteiger partial charge is 0.123 e. The van der Waals surface area contributed by atoms with Gasteiger partial charge in [-0.25, -0.2) is 9.37 Å². The van der Waals surface area contributed by atoms with E-state index in [-0.39, 0.29) is 0 Å². The zero-order chi connectivity index (χ0) is 27.3. The number of imidazole rings is 1. The van der Waals surface area contributed by atoms with Gasteiger partial charge >= 0.3 is 0 Å². The van der Waals surface area contributed by atoms with Crippen molar-refractivity contribution in [2.45, 2.75) is 70.8 Å². The number of allylic oxidation sites excluding steroid dienone is 1. The van der Waals surface area contributed by atoms with Crippen LogP contribution in [0, 0.1) is 17.3 Å². The summed E-state index contributed by atoms with van der Waals surface area (Å²) in [5.74, 6) is 2.41. The van der Waals surface area contributed by atoms with Gasteiger partial charge in [-0.2, -0.15) is 0 Å². The number of nitrogens with zero attached hydrogens (tertiary/aromatic N) is 2. The second-order valence-corrected chi connectivity index (χ2v) is 13.3. The highest BCUT2D eigenvalue weighted by Gasteiger charge is 2.59. The number of halogens is 2. The first-order valence-corrected chi connectivity index (χ1v) is 15.2. The van der Waals surface area contributed by atoms with Gasteiger partial charge in [-0.3, -0.25) is 4.90 Å². The van der Waals surface area contributed by atoms with Gasteiger partial charge in [-0.15, -0.1) is 6.58 Å². The van der Waals surface area contributed by atoms with Crippen molar-refractivity contribution in [3.05, 3.63) is 76.7 Å². The molecule has 1 spiro atoms. The van der Waals surface area contributed by atoms with Crippen molar-refractivity contribution in [1.82, 2.24) is 20.2 Å². The molecule has 0 radical (unpaired) electrons. The third kappa shape index (κ3) is 5.16. The predicted molar refractivity (Wildman–Crippen MR) is 161 cm³/mol. The first kappa shape index (κ1) is 26.9. The third-order valence-corrected chi connectivity index (χ3v) is 9.93. The molecule has 0 bridgehead atoms. The Morgan fingerprint density at radius 3 is 2.67 bits per heavy atom. The molecule has 2 saturated carbocycles. The molecule has 3 fully saturated rings. The van der Waals surface area contributed by atoms with Crippen LogP contribution in [0.4, 0.5) is 4.39 Å². The molecule has 2 heterocycles. The number of likely N-dealkylation sites (tertiary alicyclic amines) is 1. The number of nitrogens with one attached hydrogen (secondary N) is 2. The van der Waals surface area contributed by atoms with Crippen molar-refractivity contribution in [3.8, 4) is 22.4 Å². The molecule has 206 valence electrons. The van der Waals surface area contributed by atoms with Crippen molar-refractivity contribution in [2.75, 3.05) is 13.6 Å². The van der Waals surface area contributed by atoms with Gasteiger partial charge in [0.25, 0.3) is 0 Å². The number of rotatable bonds is 10. The van der Waals surface area contributed by atoms with Crippen LogP contribution in [0.2, 0.25) is 0 Å². The summed E-state index contributed by atoms with van der Waals surface area (Å²) in [7, 11) is 2.11. The minimum absolute atomic E-state index is 0.338. The molecule has 2 unspecified atom stereocenters. The number of aromatic amines is 1. The number of alkyl halides is 1. The van der Waals surface area contributed by atoms with Crippen molar-refractivity contribution in [2.24, 2.45) is 17.3 Å². The van der Waals surface area contributed by atoms with E-state index in [2.05, 4.69) is 82.9 Å². The summed E-state index contributed by atoms with van der Waals surface area (Å²) >= 11 is 3.57. The highest BCUT2D eigenvalue weighted by molar-refractivity contribution is 9.10. The summed E-state index contributed by atoms with van der Waals surface area (Å²) in [5, 5.41) is 3.59. The predicted octanol–water partition coefficient (Wildman–Crippen LogP) is 7.86. The number of H-pyrrole nitrogens is 1. The van der Waals surface area contributed by atoms with Gasteiger partial charge in [0.1, 0.15) is 12.5 Å². The summed E-state index contributed by atoms with van der Waals surface area (Å²) in [6.45, 7) is 9.24. The van der Waals surface area contributed by atoms with Crippen molar-refractivity contribution in [1.29, 1.82) is 0 Å². The molecule has 2 N–H and O–H groups in total. The van der Waals surface area contributed by atoms with E-state index in [1.165, 1.54) is 32.2 Å². The fourth-order valence-corrected chi connectivity index (χ4v) is 7.59. The average molecular weight is 592 g/mol. The Morgan fingerprint density at radius 2 is 1.97 bits per heavy atom. The van der Waals surface area contributed by atoms with E-state index >= 15 is 0 Å². The molecule has 6 heteroatoms. The van der Waals surface area contributed by atoms with Crippen molar-refractivity contribution in [3.63, 3.8) is 0 Å². The quantitative estimate of drug-likeness (QED) is 0.236. The van der Waals surface area contributed by atoms with E-state index in [0.717, 1.165) is 44.7 Å². The van der Waals surface area contributed by atoms with Crippen LogP contribution < -0.4 is 5.32 Å². The van der Waals surface area contributed by atoms with Gasteiger partial charge in [0.05, 0.1) is 17.9 Å². The van der Waals surface area contributed by atoms with Crippen LogP contribution in [0.25, 0.3) is 22.4 Å². The van der Waals surface area contributed by atoms with Crippen LogP contribution in [-0.4, -0.2) is 40.5 Å². The van der Waals surface area contributed by atoms with Gasteiger partial charge in [0, 0.05) is 23.1 Å². The summed E-state index contributed by atoms with van der Waals surface area (Å²) in [6, 6.07) is 13.9. The van der Waals surface area contributed by atoms with Gasteiger partial charge in [-0.05, 0) is 102 Å². The minimum Gasteiger partial charge on any atom is -0.341 e. The second kappa shape index (κ2) is 10.6. The number of hydrogen-bond donors (Lipinski definition) is 2. The van der Waals surface area contributed by atoms with Crippen LogP contribution in [0.1, 0.15) is 62.5 Å². The molecule has 1 aromatic heterocycles. The first-order chi connectivity index (χ1) is 18.9. The van der Waals surface area contributed by atoms with Crippen LogP contribution in [0.5, 0.6) is 0 Å². The zero-order valence-corrected chi connectivity index (χ0v) is 24.9. The zero-order valence-electron chi connectivity index (χ0n) is 23.3. The summed E-state index contributed by atoms with van der Waals surface area (Å²) in [5.41, 5.74) is 6.27. The Bertz CT molecular complexity index is 1360. The van der Waals surface area contributed by atoms with E-state index in [9.17, 15) is 4.39 Å². The summed E-state index contributed by atoms with van der Waals surface area (Å²) in [6.07, 6.45) is 9.73. The summed E-state index contributed by atoms with van der Waals surface area (Å²) < 4.78 is 15.4. The van der Waals surface area contributed by atoms with Crippen molar-refractivity contribution < 1.29 is 4.39 Å². The van der Waals surface area contributed by atoms with Crippen LogP contribution >= 0.6 is 15.9 Å². The third-order valence-electron chi connectivity index (χ3n) is 9.44. The van der Waals surface area contributed by atoms with Crippen LogP contribution in [0.3, 0.4) is 0 Å². The number of aromatic nitrogens is 2. The standard InChI is InChI=1S/C33H40BrFN4/c1-5-6-21-14-24(34)8-10-25(21)26-9-7-22(13-23(26)17-35)28-18-37-32(38-28)30-16-33(11-12-33)19-39(30)29-15-27(29)31(36-4)20(2)3/h5,7-10,13-14,18,20,27,29-31,36H,1,6,11-12,15-17,19H2,2-4H3,(H,37,38)/t27?,29?,30-,31-/m0/s1. The Balaban J connectivity index is 1.26. The average Bonchev–Trinajstić information content (AvgIpc) is 3.77. The Morgan fingerprint density at radius 1 is 1.21 bits per heavy atom. The normalized spacial score (nSPS) is 24.4. The minimum atomic E-state index is -0.516. The summed E-state index contributed by atoms with van der Waals surface area (Å²) in [4.78, 5) is 11.3. The largest absolute Gasteiger partial charge is 0.341 e. The lowest BCUT2D eigenvalue weighted by Crippen LogP contribution is -2.37. The van der Waals surface area contributed by atoms with E-state index in [1.54, 1.807) is 0 Å². The molecule has 4 nitrogen and oxygen atoms in total. The van der Waals surface area contributed by atoms with Crippen molar-refractivity contribution >= 4 is 15.9 Å². The molecule has 6 rings (SSSR count). The number of hydrogen-bond acceptors (Lipinski definition) is 3. The lowest BCUT2D eigenvalue weighted by atomic mass is 9.92. The molecule has 3 aromatic rings. The monoisotopic (exact) mass is 590 g/mol. The number of benzene rings is 2. The maximum Gasteiger partial charge on any atom is 0.123 e. The molecule has 1 saturated heterocycles. The Labute approximate surface area is 240 Å². The molecule has 2 aromatic carbocycles. The lowest BCUT2D eigenvalue weighted by Gasteiger charge is -2.26. The molecular weight excluding hydrogens is 551 g/mol. The van der Waals surface area contributed by atoms with E-state index < -0.39 is 6.67 Å². The van der Waals surface area contributed by atoms with Crippen LogP contribution in [-0.2, 0) is 13.1 Å². The van der Waals surface area contributed by atoms with Gasteiger partial charge in [0.2, 0.25) is 0 Å². The molecule has 1 aliphatic heterocycles. The lowest BCUT2D eigenvalue weighted by molar-refractivity contribution is 0.209. The fraction of sp³-hybridized carbons (Fsp3) is 0.485. The SMILES string of the molecule is C=CCc1cc(Br)ccc1-c1ccc(-c2cnc([C@@H]3CC4(CC4)CN3C3CC3[C@@H](NC)C(C)C)[nH]2)cc1CF. The van der Waals surface area contributed by atoms with Gasteiger partial charge in [-0.1, -0.05) is 54.1 Å². The van der Waals surface area contributed by atoms with Gasteiger partial charge in [0.15, 0.2) is 0 Å². The highest BCUT2D eigenvalue weighted by Crippen LogP contribution is 2.61. The fourth-order valence-electron chi connectivity index (χ4n) is 7.18. The Hall–Kier alpha value is -2.28.